The van der Waals surface area contributed by atoms with Crippen LogP contribution < -0.4 is 10.6 Å². The first-order valence-corrected chi connectivity index (χ1v) is 4.97. The molecular weight excluding hydrogens is 180 g/mol. The van der Waals surface area contributed by atoms with Gasteiger partial charge in [0.15, 0.2) is 0 Å². The fraction of sp³-hybridized carbons (Fsp3) is 0.700. The van der Waals surface area contributed by atoms with E-state index in [1.807, 2.05) is 6.92 Å². The SMILES string of the molecule is C=CCNCC(=O)NCC(O)CCC. The highest BCUT2D eigenvalue weighted by molar-refractivity contribution is 5.77. The van der Waals surface area contributed by atoms with E-state index in [0.717, 1.165) is 12.8 Å². The molecule has 0 bridgehead atoms. The number of hydrogen-bond acceptors (Lipinski definition) is 3. The number of aliphatic hydroxyl groups is 1. The van der Waals surface area contributed by atoms with E-state index >= 15 is 0 Å². The molecule has 0 aromatic carbocycles. The van der Waals surface area contributed by atoms with E-state index < -0.39 is 6.10 Å². The van der Waals surface area contributed by atoms with Crippen molar-refractivity contribution < 1.29 is 9.90 Å². The van der Waals surface area contributed by atoms with Crippen molar-refractivity contribution in [2.45, 2.75) is 25.9 Å². The molecule has 82 valence electrons. The number of carbonyl (C=O) groups is 1. The van der Waals surface area contributed by atoms with Crippen LogP contribution in [0.15, 0.2) is 12.7 Å². The van der Waals surface area contributed by atoms with Crippen molar-refractivity contribution in [2.24, 2.45) is 0 Å². The Hall–Kier alpha value is -0.870. The molecule has 4 heteroatoms. The molecule has 0 aliphatic rings. The van der Waals surface area contributed by atoms with Gasteiger partial charge >= 0.3 is 0 Å². The van der Waals surface area contributed by atoms with Gasteiger partial charge in [0.05, 0.1) is 12.6 Å². The zero-order chi connectivity index (χ0) is 10.8. The standard InChI is InChI=1S/C10H20N2O2/c1-3-5-9(13)7-12-10(14)8-11-6-4-2/h4,9,11,13H,2-3,5-8H2,1H3,(H,12,14). The Morgan fingerprint density at radius 2 is 2.36 bits per heavy atom. The largest absolute Gasteiger partial charge is 0.391 e. The van der Waals surface area contributed by atoms with E-state index in [1.54, 1.807) is 6.08 Å². The lowest BCUT2D eigenvalue weighted by Gasteiger charge is -2.10. The maximum atomic E-state index is 11.1. The zero-order valence-electron chi connectivity index (χ0n) is 8.75. The number of aliphatic hydroxyl groups excluding tert-OH is 1. The molecule has 4 nitrogen and oxygen atoms in total. The number of hydrogen-bond donors (Lipinski definition) is 3. The highest BCUT2D eigenvalue weighted by Gasteiger charge is 2.04. The predicted molar refractivity (Wildman–Crippen MR) is 57.0 cm³/mol. The summed E-state index contributed by atoms with van der Waals surface area (Å²) in [5.41, 5.74) is 0. The van der Waals surface area contributed by atoms with Crippen molar-refractivity contribution in [3.63, 3.8) is 0 Å². The molecule has 1 amide bonds. The van der Waals surface area contributed by atoms with Crippen LogP contribution >= 0.6 is 0 Å². The van der Waals surface area contributed by atoms with Crippen LogP contribution in [0.1, 0.15) is 19.8 Å². The van der Waals surface area contributed by atoms with Crippen molar-refractivity contribution >= 4 is 5.91 Å². The molecule has 0 radical (unpaired) electrons. The van der Waals surface area contributed by atoms with Crippen LogP contribution in [0.3, 0.4) is 0 Å². The summed E-state index contributed by atoms with van der Waals surface area (Å²) in [6, 6.07) is 0. The third-order valence-corrected chi connectivity index (χ3v) is 1.73. The minimum Gasteiger partial charge on any atom is -0.391 e. The first-order valence-electron chi connectivity index (χ1n) is 4.97. The molecule has 0 aliphatic heterocycles. The van der Waals surface area contributed by atoms with Crippen molar-refractivity contribution in [1.82, 2.24) is 10.6 Å². The Morgan fingerprint density at radius 3 is 2.93 bits per heavy atom. The molecule has 14 heavy (non-hydrogen) atoms. The number of carbonyl (C=O) groups excluding carboxylic acids is 1. The Morgan fingerprint density at radius 1 is 1.64 bits per heavy atom. The Balaban J connectivity index is 3.38. The van der Waals surface area contributed by atoms with E-state index in [4.69, 9.17) is 0 Å². The molecule has 0 spiro atoms. The van der Waals surface area contributed by atoms with E-state index in [9.17, 15) is 9.90 Å². The second-order valence-corrected chi connectivity index (χ2v) is 3.17. The highest BCUT2D eigenvalue weighted by atomic mass is 16.3. The van der Waals surface area contributed by atoms with Crippen molar-refractivity contribution in [3.05, 3.63) is 12.7 Å². The normalized spacial score (nSPS) is 12.1. The molecule has 0 rings (SSSR count). The maximum absolute atomic E-state index is 11.1. The lowest BCUT2D eigenvalue weighted by molar-refractivity contribution is -0.120. The second-order valence-electron chi connectivity index (χ2n) is 3.17. The van der Waals surface area contributed by atoms with Gasteiger partial charge in [0.2, 0.25) is 5.91 Å². The quantitative estimate of drug-likeness (QED) is 0.383. The summed E-state index contributed by atoms with van der Waals surface area (Å²) >= 11 is 0. The topological polar surface area (TPSA) is 61.4 Å². The summed E-state index contributed by atoms with van der Waals surface area (Å²) in [5, 5.41) is 14.8. The fourth-order valence-electron chi connectivity index (χ4n) is 1.02. The molecule has 0 heterocycles. The minimum atomic E-state index is -0.427. The van der Waals surface area contributed by atoms with Crippen LogP contribution in [0.25, 0.3) is 0 Å². The summed E-state index contributed by atoms with van der Waals surface area (Å²) in [6.07, 6.45) is 2.91. The van der Waals surface area contributed by atoms with E-state index in [1.165, 1.54) is 0 Å². The predicted octanol–water partition coefficient (Wildman–Crippen LogP) is 0.0392. The first-order chi connectivity index (χ1) is 6.70. The van der Waals surface area contributed by atoms with Gasteiger partial charge in [0.25, 0.3) is 0 Å². The van der Waals surface area contributed by atoms with Crippen LogP contribution in [0.2, 0.25) is 0 Å². The second kappa shape index (κ2) is 8.72. The Bertz CT molecular complexity index is 172. The zero-order valence-corrected chi connectivity index (χ0v) is 8.75. The Kier molecular flexibility index (Phi) is 8.17. The first kappa shape index (κ1) is 13.1. The fourth-order valence-corrected chi connectivity index (χ4v) is 1.02. The van der Waals surface area contributed by atoms with Gasteiger partial charge in [-0.25, -0.2) is 0 Å². The number of rotatable bonds is 8. The molecule has 0 aromatic rings. The lowest BCUT2D eigenvalue weighted by atomic mass is 10.2. The number of amides is 1. The van der Waals surface area contributed by atoms with Crippen LogP contribution in [-0.4, -0.2) is 36.8 Å². The molecule has 1 atom stereocenters. The van der Waals surface area contributed by atoms with Gasteiger partial charge in [-0.2, -0.15) is 0 Å². The summed E-state index contributed by atoms with van der Waals surface area (Å²) in [4.78, 5) is 11.1. The Labute approximate surface area is 85.4 Å². The maximum Gasteiger partial charge on any atom is 0.234 e. The van der Waals surface area contributed by atoms with Gasteiger partial charge in [-0.15, -0.1) is 6.58 Å². The van der Waals surface area contributed by atoms with Crippen molar-refractivity contribution in [3.8, 4) is 0 Å². The molecule has 0 aliphatic carbocycles. The van der Waals surface area contributed by atoms with Gasteiger partial charge in [0.1, 0.15) is 0 Å². The smallest absolute Gasteiger partial charge is 0.234 e. The monoisotopic (exact) mass is 200 g/mol. The third-order valence-electron chi connectivity index (χ3n) is 1.73. The van der Waals surface area contributed by atoms with Gasteiger partial charge in [0, 0.05) is 13.1 Å². The van der Waals surface area contributed by atoms with Crippen LogP contribution in [0, 0.1) is 0 Å². The molecule has 0 fully saturated rings. The van der Waals surface area contributed by atoms with Crippen LogP contribution in [0.4, 0.5) is 0 Å². The third kappa shape index (κ3) is 7.76. The summed E-state index contributed by atoms with van der Waals surface area (Å²) in [7, 11) is 0. The van der Waals surface area contributed by atoms with Crippen molar-refractivity contribution in [1.29, 1.82) is 0 Å². The molecular formula is C10H20N2O2. The van der Waals surface area contributed by atoms with Gasteiger partial charge in [-0.05, 0) is 6.42 Å². The number of nitrogens with one attached hydrogen (secondary N) is 2. The van der Waals surface area contributed by atoms with E-state index in [0.29, 0.717) is 13.1 Å². The van der Waals surface area contributed by atoms with E-state index in [2.05, 4.69) is 17.2 Å². The highest BCUT2D eigenvalue weighted by Crippen LogP contribution is 1.93. The minimum absolute atomic E-state index is 0.0954. The van der Waals surface area contributed by atoms with Crippen LogP contribution in [-0.2, 0) is 4.79 Å². The molecule has 1 unspecified atom stereocenters. The molecule has 3 N–H and O–H groups in total. The summed E-state index contributed by atoms with van der Waals surface area (Å²) < 4.78 is 0. The lowest BCUT2D eigenvalue weighted by Crippen LogP contribution is -2.38. The van der Waals surface area contributed by atoms with Gasteiger partial charge in [-0.1, -0.05) is 19.4 Å². The molecule has 0 aromatic heterocycles. The van der Waals surface area contributed by atoms with E-state index in [-0.39, 0.29) is 12.5 Å². The average Bonchev–Trinajstić information content (AvgIpc) is 2.16. The van der Waals surface area contributed by atoms with Crippen molar-refractivity contribution in [2.75, 3.05) is 19.6 Å². The molecule has 0 saturated carbocycles. The summed E-state index contributed by atoms with van der Waals surface area (Å²) in [5.74, 6) is -0.0954. The van der Waals surface area contributed by atoms with Crippen LogP contribution in [0.5, 0.6) is 0 Å². The van der Waals surface area contributed by atoms with Gasteiger partial charge < -0.3 is 15.7 Å². The summed E-state index contributed by atoms with van der Waals surface area (Å²) in [6.45, 7) is 6.74. The van der Waals surface area contributed by atoms with Gasteiger partial charge in [-0.3, -0.25) is 4.79 Å². The molecule has 0 saturated heterocycles. The average molecular weight is 200 g/mol.